The SMILES string of the molecule is CCNc1cc(C)ncc1C(=O)N(C)CC(F)(F)F. The highest BCUT2D eigenvalue weighted by Crippen LogP contribution is 2.20. The van der Waals surface area contributed by atoms with Crippen LogP contribution in [0.5, 0.6) is 0 Å². The number of hydrogen-bond donors (Lipinski definition) is 1. The molecule has 1 N–H and O–H groups in total. The number of rotatable bonds is 4. The molecule has 0 aliphatic carbocycles. The van der Waals surface area contributed by atoms with E-state index in [4.69, 9.17) is 0 Å². The quantitative estimate of drug-likeness (QED) is 0.918. The molecule has 1 aromatic heterocycles. The van der Waals surface area contributed by atoms with E-state index in [-0.39, 0.29) is 5.56 Å². The molecular formula is C12H16F3N3O. The molecule has 0 bridgehead atoms. The predicted molar refractivity (Wildman–Crippen MR) is 66.2 cm³/mol. The maximum Gasteiger partial charge on any atom is 0.406 e. The highest BCUT2D eigenvalue weighted by atomic mass is 19.4. The molecule has 7 heteroatoms. The molecule has 0 aliphatic rings. The maximum absolute atomic E-state index is 12.3. The van der Waals surface area contributed by atoms with Crippen LogP contribution >= 0.6 is 0 Å². The molecule has 0 saturated heterocycles. The van der Waals surface area contributed by atoms with Crippen molar-refractivity contribution in [1.29, 1.82) is 0 Å². The zero-order valence-electron chi connectivity index (χ0n) is 11.0. The van der Waals surface area contributed by atoms with E-state index in [1.165, 1.54) is 6.20 Å². The van der Waals surface area contributed by atoms with Crippen LogP contribution in [-0.2, 0) is 0 Å². The molecule has 4 nitrogen and oxygen atoms in total. The summed E-state index contributed by atoms with van der Waals surface area (Å²) < 4.78 is 36.8. The van der Waals surface area contributed by atoms with Gasteiger partial charge in [-0.15, -0.1) is 0 Å². The number of halogens is 3. The van der Waals surface area contributed by atoms with E-state index in [0.717, 1.165) is 7.05 Å². The van der Waals surface area contributed by atoms with Gasteiger partial charge >= 0.3 is 6.18 Å². The summed E-state index contributed by atoms with van der Waals surface area (Å²) >= 11 is 0. The summed E-state index contributed by atoms with van der Waals surface area (Å²) in [7, 11) is 1.12. The first-order valence-electron chi connectivity index (χ1n) is 5.77. The molecule has 1 rings (SSSR count). The van der Waals surface area contributed by atoms with Crippen molar-refractivity contribution < 1.29 is 18.0 Å². The lowest BCUT2D eigenvalue weighted by Gasteiger charge is -2.20. The number of alkyl halides is 3. The first-order valence-corrected chi connectivity index (χ1v) is 5.77. The monoisotopic (exact) mass is 275 g/mol. The standard InChI is InChI=1S/C12H16F3N3O/c1-4-16-10-5-8(2)17-6-9(10)11(19)18(3)7-12(13,14)15/h5-6H,4,7H2,1-3H3,(H,16,17). The topological polar surface area (TPSA) is 45.2 Å². The molecule has 19 heavy (non-hydrogen) atoms. The van der Waals surface area contributed by atoms with E-state index in [1.807, 2.05) is 6.92 Å². The van der Waals surface area contributed by atoms with Crippen LogP contribution in [0.2, 0.25) is 0 Å². The average molecular weight is 275 g/mol. The zero-order valence-corrected chi connectivity index (χ0v) is 11.0. The maximum atomic E-state index is 12.3. The van der Waals surface area contributed by atoms with E-state index >= 15 is 0 Å². The van der Waals surface area contributed by atoms with Crippen molar-refractivity contribution in [3.8, 4) is 0 Å². The number of hydrogen-bond acceptors (Lipinski definition) is 3. The van der Waals surface area contributed by atoms with Crippen molar-refractivity contribution in [2.24, 2.45) is 0 Å². The van der Waals surface area contributed by atoms with Crippen LogP contribution in [0.15, 0.2) is 12.3 Å². The molecule has 0 radical (unpaired) electrons. The second-order valence-corrected chi connectivity index (χ2v) is 4.18. The molecule has 0 atom stereocenters. The normalized spacial score (nSPS) is 11.3. The summed E-state index contributed by atoms with van der Waals surface area (Å²) in [6.07, 6.45) is -3.12. The third-order valence-corrected chi connectivity index (χ3v) is 2.40. The Kier molecular flexibility index (Phi) is 4.74. The van der Waals surface area contributed by atoms with Gasteiger partial charge in [-0.25, -0.2) is 0 Å². The Morgan fingerprint density at radius 1 is 1.47 bits per heavy atom. The number of aryl methyl sites for hydroxylation is 1. The van der Waals surface area contributed by atoms with Crippen LogP contribution < -0.4 is 5.32 Å². The van der Waals surface area contributed by atoms with Crippen molar-refractivity contribution in [3.05, 3.63) is 23.5 Å². The molecule has 1 amide bonds. The van der Waals surface area contributed by atoms with E-state index < -0.39 is 18.6 Å². The van der Waals surface area contributed by atoms with Gasteiger partial charge in [0.2, 0.25) is 0 Å². The summed E-state index contributed by atoms with van der Waals surface area (Å²) in [5.74, 6) is -0.708. The van der Waals surface area contributed by atoms with Crippen molar-refractivity contribution in [3.63, 3.8) is 0 Å². The average Bonchev–Trinajstić information content (AvgIpc) is 2.26. The van der Waals surface area contributed by atoms with E-state index in [1.54, 1.807) is 13.0 Å². The second kappa shape index (κ2) is 5.90. The van der Waals surface area contributed by atoms with Crippen molar-refractivity contribution >= 4 is 11.6 Å². The summed E-state index contributed by atoms with van der Waals surface area (Å²) in [5, 5.41) is 2.95. The van der Waals surface area contributed by atoms with E-state index in [9.17, 15) is 18.0 Å². The van der Waals surface area contributed by atoms with Crippen LogP contribution in [0.25, 0.3) is 0 Å². The molecule has 0 aliphatic heterocycles. The van der Waals surface area contributed by atoms with Crippen LogP contribution in [0.3, 0.4) is 0 Å². The summed E-state index contributed by atoms with van der Waals surface area (Å²) in [4.78, 5) is 16.6. The third-order valence-electron chi connectivity index (χ3n) is 2.40. The molecule has 0 fully saturated rings. The molecule has 0 saturated carbocycles. The number of nitrogens with one attached hydrogen (secondary N) is 1. The Hall–Kier alpha value is -1.79. The first-order chi connectivity index (χ1) is 8.74. The summed E-state index contributed by atoms with van der Waals surface area (Å²) in [6, 6.07) is 1.64. The van der Waals surface area contributed by atoms with Gasteiger partial charge in [0, 0.05) is 25.5 Å². The fourth-order valence-corrected chi connectivity index (χ4v) is 1.61. The lowest BCUT2D eigenvalue weighted by Crippen LogP contribution is -2.36. The van der Waals surface area contributed by atoms with Gasteiger partial charge in [-0.2, -0.15) is 13.2 Å². The van der Waals surface area contributed by atoms with Crippen LogP contribution in [0.1, 0.15) is 23.0 Å². The van der Waals surface area contributed by atoms with E-state index in [2.05, 4.69) is 10.3 Å². The minimum Gasteiger partial charge on any atom is -0.385 e. The van der Waals surface area contributed by atoms with E-state index in [0.29, 0.717) is 22.8 Å². The van der Waals surface area contributed by atoms with Gasteiger partial charge in [-0.3, -0.25) is 9.78 Å². The number of amides is 1. The number of aromatic nitrogens is 1. The van der Waals surface area contributed by atoms with Gasteiger partial charge in [-0.1, -0.05) is 0 Å². The Morgan fingerprint density at radius 3 is 2.63 bits per heavy atom. The van der Waals surface area contributed by atoms with Crippen LogP contribution in [0, 0.1) is 6.92 Å². The minimum atomic E-state index is -4.42. The number of nitrogens with zero attached hydrogens (tertiary/aromatic N) is 2. The Morgan fingerprint density at radius 2 is 2.11 bits per heavy atom. The fourth-order valence-electron chi connectivity index (χ4n) is 1.61. The smallest absolute Gasteiger partial charge is 0.385 e. The lowest BCUT2D eigenvalue weighted by molar-refractivity contribution is -0.138. The molecule has 0 spiro atoms. The highest BCUT2D eigenvalue weighted by Gasteiger charge is 2.32. The third kappa shape index (κ3) is 4.42. The Balaban J connectivity index is 2.98. The van der Waals surface area contributed by atoms with Crippen LogP contribution in [0.4, 0.5) is 18.9 Å². The lowest BCUT2D eigenvalue weighted by atomic mass is 10.2. The molecule has 1 aromatic rings. The molecule has 0 unspecified atom stereocenters. The fraction of sp³-hybridized carbons (Fsp3) is 0.500. The molecule has 106 valence electrons. The van der Waals surface area contributed by atoms with Gasteiger partial charge in [0.25, 0.3) is 5.91 Å². The number of anilines is 1. The Labute approximate surface area is 109 Å². The molecular weight excluding hydrogens is 259 g/mol. The van der Waals surface area contributed by atoms with Crippen molar-refractivity contribution in [1.82, 2.24) is 9.88 Å². The Bertz CT molecular complexity index is 460. The number of pyridine rings is 1. The van der Waals surface area contributed by atoms with Gasteiger partial charge in [-0.05, 0) is 19.9 Å². The largest absolute Gasteiger partial charge is 0.406 e. The minimum absolute atomic E-state index is 0.138. The summed E-state index contributed by atoms with van der Waals surface area (Å²) in [6.45, 7) is 2.86. The number of carbonyl (C=O) groups is 1. The first kappa shape index (κ1) is 15.3. The van der Waals surface area contributed by atoms with Gasteiger partial charge in [0.1, 0.15) is 6.54 Å². The van der Waals surface area contributed by atoms with Gasteiger partial charge < -0.3 is 10.2 Å². The number of carbonyl (C=O) groups excluding carboxylic acids is 1. The second-order valence-electron chi connectivity index (χ2n) is 4.18. The van der Waals surface area contributed by atoms with Crippen molar-refractivity contribution in [2.45, 2.75) is 20.0 Å². The summed E-state index contributed by atoms with van der Waals surface area (Å²) in [5.41, 5.74) is 1.32. The van der Waals surface area contributed by atoms with Gasteiger partial charge in [0.05, 0.1) is 11.3 Å². The zero-order chi connectivity index (χ0) is 14.6. The predicted octanol–water partition coefficient (Wildman–Crippen LogP) is 2.46. The molecule has 1 heterocycles. The van der Waals surface area contributed by atoms with Crippen LogP contribution in [-0.4, -0.2) is 42.1 Å². The highest BCUT2D eigenvalue weighted by molar-refractivity contribution is 5.99. The van der Waals surface area contributed by atoms with Gasteiger partial charge in [0.15, 0.2) is 0 Å². The molecule has 0 aromatic carbocycles. The van der Waals surface area contributed by atoms with Crippen molar-refractivity contribution in [2.75, 3.05) is 25.5 Å².